The zero-order valence-electron chi connectivity index (χ0n) is 5.85. The highest BCUT2D eigenvalue weighted by molar-refractivity contribution is 5.29. The highest BCUT2D eigenvalue weighted by Gasteiger charge is 2.58. The van der Waals surface area contributed by atoms with E-state index < -0.39 is 11.8 Å². The van der Waals surface area contributed by atoms with E-state index in [1.165, 1.54) is 0 Å². The standard InChI is InChI=1S/C9H7F2/c10-8-6-9(8,11)7-4-2-1-3-5-7/h1-4,8H,6H2. The molecular weight excluding hydrogens is 146 g/mol. The van der Waals surface area contributed by atoms with Crippen LogP contribution in [0.4, 0.5) is 8.78 Å². The lowest BCUT2D eigenvalue weighted by Crippen LogP contribution is -2.01. The van der Waals surface area contributed by atoms with Crippen molar-refractivity contribution >= 4 is 0 Å². The molecular formula is C9H7F2. The molecule has 1 aliphatic rings. The Kier molecular flexibility index (Phi) is 1.25. The second-order valence-electron chi connectivity index (χ2n) is 2.81. The molecule has 0 spiro atoms. The zero-order valence-corrected chi connectivity index (χ0v) is 5.85. The van der Waals surface area contributed by atoms with Gasteiger partial charge in [0.25, 0.3) is 0 Å². The fourth-order valence-electron chi connectivity index (χ4n) is 1.13. The first kappa shape index (κ1) is 6.77. The van der Waals surface area contributed by atoms with Crippen molar-refractivity contribution in [2.75, 3.05) is 0 Å². The van der Waals surface area contributed by atoms with Gasteiger partial charge in [-0.25, -0.2) is 8.78 Å². The van der Waals surface area contributed by atoms with Crippen LogP contribution >= 0.6 is 0 Å². The van der Waals surface area contributed by atoms with Gasteiger partial charge in [-0.3, -0.25) is 0 Å². The first-order valence-corrected chi connectivity index (χ1v) is 3.54. The highest BCUT2D eigenvalue weighted by atomic mass is 19.2. The average molecular weight is 153 g/mol. The molecule has 0 bridgehead atoms. The van der Waals surface area contributed by atoms with Crippen LogP contribution in [0, 0.1) is 6.07 Å². The number of halogens is 2. The summed E-state index contributed by atoms with van der Waals surface area (Å²) in [6.07, 6.45) is -1.32. The van der Waals surface area contributed by atoms with Crippen molar-refractivity contribution in [3.63, 3.8) is 0 Å². The molecule has 2 unspecified atom stereocenters. The van der Waals surface area contributed by atoms with Gasteiger partial charge in [-0.05, 0) is 11.6 Å². The van der Waals surface area contributed by atoms with Gasteiger partial charge < -0.3 is 0 Å². The molecule has 0 aromatic heterocycles. The van der Waals surface area contributed by atoms with Crippen LogP contribution in [0.1, 0.15) is 12.0 Å². The van der Waals surface area contributed by atoms with Gasteiger partial charge >= 0.3 is 0 Å². The fraction of sp³-hybridized carbons (Fsp3) is 0.333. The Labute approximate surface area is 63.9 Å². The third-order valence-electron chi connectivity index (χ3n) is 1.97. The first-order valence-electron chi connectivity index (χ1n) is 3.54. The fourth-order valence-corrected chi connectivity index (χ4v) is 1.13. The summed E-state index contributed by atoms with van der Waals surface area (Å²) in [6.45, 7) is 0. The Bertz CT molecular complexity index is 258. The maximum absolute atomic E-state index is 13.2. The van der Waals surface area contributed by atoms with Crippen molar-refractivity contribution in [1.29, 1.82) is 0 Å². The summed E-state index contributed by atoms with van der Waals surface area (Å²) in [5.74, 6) is 0. The Morgan fingerprint density at radius 1 is 1.55 bits per heavy atom. The number of alkyl halides is 2. The lowest BCUT2D eigenvalue weighted by molar-refractivity contribution is 0.251. The minimum Gasteiger partial charge on any atom is -0.243 e. The Morgan fingerprint density at radius 2 is 2.27 bits per heavy atom. The van der Waals surface area contributed by atoms with Crippen molar-refractivity contribution in [1.82, 2.24) is 0 Å². The smallest absolute Gasteiger partial charge is 0.170 e. The zero-order chi connectivity index (χ0) is 7.90. The summed E-state index contributed by atoms with van der Waals surface area (Å²) >= 11 is 0. The maximum atomic E-state index is 13.2. The van der Waals surface area contributed by atoms with E-state index in [1.54, 1.807) is 24.3 Å². The van der Waals surface area contributed by atoms with Crippen molar-refractivity contribution < 1.29 is 8.78 Å². The molecule has 0 N–H and O–H groups in total. The summed E-state index contributed by atoms with van der Waals surface area (Å²) in [5.41, 5.74) is -1.38. The lowest BCUT2D eigenvalue weighted by Gasteiger charge is -2.02. The third-order valence-corrected chi connectivity index (χ3v) is 1.97. The molecule has 0 amide bonds. The molecule has 1 saturated carbocycles. The van der Waals surface area contributed by atoms with Crippen LogP contribution in [-0.2, 0) is 5.67 Å². The molecule has 0 aliphatic heterocycles. The highest BCUT2D eigenvalue weighted by Crippen LogP contribution is 2.51. The van der Waals surface area contributed by atoms with Gasteiger partial charge in [0.2, 0.25) is 0 Å². The van der Waals surface area contributed by atoms with Crippen LogP contribution in [0.5, 0.6) is 0 Å². The monoisotopic (exact) mass is 153 g/mol. The van der Waals surface area contributed by atoms with Gasteiger partial charge in [-0.15, -0.1) is 0 Å². The van der Waals surface area contributed by atoms with E-state index in [0.717, 1.165) is 0 Å². The van der Waals surface area contributed by atoms with E-state index in [4.69, 9.17) is 0 Å². The Hall–Kier alpha value is -0.920. The lowest BCUT2D eigenvalue weighted by atomic mass is 10.1. The van der Waals surface area contributed by atoms with Crippen LogP contribution in [0.3, 0.4) is 0 Å². The van der Waals surface area contributed by atoms with E-state index in [0.29, 0.717) is 5.56 Å². The van der Waals surface area contributed by atoms with Crippen molar-refractivity contribution in [3.8, 4) is 0 Å². The molecule has 1 radical (unpaired) electrons. The minimum absolute atomic E-state index is 0.00644. The van der Waals surface area contributed by atoms with E-state index in [9.17, 15) is 8.78 Å². The largest absolute Gasteiger partial charge is 0.243 e. The molecule has 1 aliphatic carbocycles. The molecule has 57 valence electrons. The predicted molar refractivity (Wildman–Crippen MR) is 37.6 cm³/mol. The van der Waals surface area contributed by atoms with Gasteiger partial charge in [0.05, 0.1) is 0 Å². The Morgan fingerprint density at radius 3 is 2.73 bits per heavy atom. The topological polar surface area (TPSA) is 0 Å². The SMILES string of the molecule is FC1CC1(F)c1[c]cccc1. The summed E-state index contributed by atoms with van der Waals surface area (Å²) in [7, 11) is 0. The van der Waals surface area contributed by atoms with Crippen LogP contribution in [0.2, 0.25) is 0 Å². The molecule has 2 atom stereocenters. The molecule has 2 heteroatoms. The summed E-state index contributed by atoms with van der Waals surface area (Å²) in [4.78, 5) is 0. The van der Waals surface area contributed by atoms with Crippen LogP contribution < -0.4 is 0 Å². The summed E-state index contributed by atoms with van der Waals surface area (Å²) in [6, 6.07) is 9.29. The van der Waals surface area contributed by atoms with E-state index in [-0.39, 0.29) is 6.42 Å². The number of rotatable bonds is 1. The molecule has 0 nitrogen and oxygen atoms in total. The molecule has 0 saturated heterocycles. The van der Waals surface area contributed by atoms with Gasteiger partial charge in [0.1, 0.15) is 6.17 Å². The predicted octanol–water partition coefficient (Wildman–Crippen LogP) is 2.39. The van der Waals surface area contributed by atoms with Gasteiger partial charge in [-0.1, -0.05) is 24.3 Å². The van der Waals surface area contributed by atoms with E-state index in [1.807, 2.05) is 0 Å². The van der Waals surface area contributed by atoms with Crippen molar-refractivity contribution in [2.45, 2.75) is 18.3 Å². The van der Waals surface area contributed by atoms with E-state index in [2.05, 4.69) is 6.07 Å². The van der Waals surface area contributed by atoms with Crippen LogP contribution in [0.15, 0.2) is 24.3 Å². The average Bonchev–Trinajstić information content (AvgIpc) is 2.64. The van der Waals surface area contributed by atoms with Crippen LogP contribution in [-0.4, -0.2) is 6.17 Å². The minimum atomic E-state index is -1.72. The van der Waals surface area contributed by atoms with Crippen LogP contribution in [0.25, 0.3) is 0 Å². The molecule has 1 aromatic rings. The second kappa shape index (κ2) is 2.03. The van der Waals surface area contributed by atoms with E-state index >= 15 is 0 Å². The van der Waals surface area contributed by atoms with Gasteiger partial charge in [0, 0.05) is 6.42 Å². The summed E-state index contributed by atoms with van der Waals surface area (Å²) < 4.78 is 25.7. The van der Waals surface area contributed by atoms with Gasteiger partial charge in [0.15, 0.2) is 5.67 Å². The third kappa shape index (κ3) is 0.934. The maximum Gasteiger partial charge on any atom is 0.170 e. The number of benzene rings is 1. The molecule has 1 fully saturated rings. The summed E-state index contributed by atoms with van der Waals surface area (Å²) in [5, 5.41) is 0. The molecule has 1 aromatic carbocycles. The molecule has 0 heterocycles. The second-order valence-corrected chi connectivity index (χ2v) is 2.81. The number of hydrogen-bond donors (Lipinski definition) is 0. The normalized spacial score (nSPS) is 35.3. The molecule has 11 heavy (non-hydrogen) atoms. The van der Waals surface area contributed by atoms with Gasteiger partial charge in [-0.2, -0.15) is 0 Å². The number of hydrogen-bond acceptors (Lipinski definition) is 0. The van der Waals surface area contributed by atoms with Crippen molar-refractivity contribution in [2.24, 2.45) is 0 Å². The molecule has 2 rings (SSSR count). The van der Waals surface area contributed by atoms with Crippen molar-refractivity contribution in [3.05, 3.63) is 35.9 Å². The first-order chi connectivity index (χ1) is 5.23. The Balaban J connectivity index is 2.32. The quantitative estimate of drug-likeness (QED) is 0.581.